The van der Waals surface area contributed by atoms with E-state index in [0.717, 1.165) is 109 Å². The summed E-state index contributed by atoms with van der Waals surface area (Å²) in [6, 6.07) is 0. The van der Waals surface area contributed by atoms with Crippen LogP contribution in [0.2, 0.25) is 0 Å². The highest BCUT2D eigenvalue weighted by Gasteiger charge is 2.30. The molecule has 0 aliphatic carbocycles. The summed E-state index contributed by atoms with van der Waals surface area (Å²) in [4.78, 5) is 72.9. The van der Waals surface area contributed by atoms with Crippen LogP contribution in [0, 0.1) is 5.92 Å². The zero-order valence-corrected chi connectivity index (χ0v) is 65.9. The zero-order chi connectivity index (χ0) is 72.7. The highest BCUT2D eigenvalue weighted by atomic mass is 31.2. The van der Waals surface area contributed by atoms with Crippen molar-refractivity contribution in [2.75, 3.05) is 39.6 Å². The van der Waals surface area contributed by atoms with E-state index in [4.69, 9.17) is 37.0 Å². The van der Waals surface area contributed by atoms with E-state index >= 15 is 0 Å². The molecule has 0 saturated carbocycles. The number of aliphatic hydroxyl groups is 1. The molecule has 0 rings (SSSR count). The van der Waals surface area contributed by atoms with Crippen LogP contribution in [0.5, 0.6) is 0 Å². The summed E-state index contributed by atoms with van der Waals surface area (Å²) in [6.45, 7) is 7.26. The largest absolute Gasteiger partial charge is 0.472 e. The topological polar surface area (TPSA) is 237 Å². The molecule has 0 aromatic rings. The van der Waals surface area contributed by atoms with Gasteiger partial charge in [-0.05, 0) is 57.3 Å². The molecule has 0 spiro atoms. The fourth-order valence-electron chi connectivity index (χ4n) is 11.9. The Morgan fingerprint density at radius 2 is 0.545 bits per heavy atom. The number of allylic oxidation sites excluding steroid dienone is 4. The Balaban J connectivity index is 5.25. The Labute approximate surface area is 605 Å². The van der Waals surface area contributed by atoms with Crippen molar-refractivity contribution < 1.29 is 80.2 Å². The number of hydrogen-bond acceptors (Lipinski definition) is 15. The summed E-state index contributed by atoms with van der Waals surface area (Å²) in [5.74, 6) is -1.35. The Bertz CT molecular complexity index is 1990. The molecular formula is C80H152O17P2. The van der Waals surface area contributed by atoms with Gasteiger partial charge >= 0.3 is 39.5 Å². The normalized spacial score (nSPS) is 14.0. The fraction of sp³-hybridized carbons (Fsp3) is 0.900. The van der Waals surface area contributed by atoms with E-state index in [1.54, 1.807) is 0 Å². The quantitative estimate of drug-likeness (QED) is 0.0169. The second-order valence-corrected chi connectivity index (χ2v) is 31.5. The van der Waals surface area contributed by atoms with Crippen LogP contribution in [0.4, 0.5) is 0 Å². The fourth-order valence-corrected chi connectivity index (χ4v) is 13.4. The van der Waals surface area contributed by atoms with Gasteiger partial charge in [-0.1, -0.05) is 348 Å². The minimum atomic E-state index is -4.96. The highest BCUT2D eigenvalue weighted by molar-refractivity contribution is 7.47. The molecule has 0 bridgehead atoms. The number of phosphoric acid groups is 2. The van der Waals surface area contributed by atoms with Gasteiger partial charge in [0, 0.05) is 25.7 Å². The Morgan fingerprint density at radius 1 is 0.313 bits per heavy atom. The second-order valence-electron chi connectivity index (χ2n) is 28.6. The molecule has 5 atom stereocenters. The van der Waals surface area contributed by atoms with Gasteiger partial charge < -0.3 is 33.8 Å². The first-order chi connectivity index (χ1) is 48.0. The van der Waals surface area contributed by atoms with Crippen LogP contribution in [0.1, 0.15) is 401 Å². The van der Waals surface area contributed by atoms with Crippen LogP contribution in [-0.4, -0.2) is 96.7 Å². The van der Waals surface area contributed by atoms with Crippen LogP contribution in [-0.2, 0) is 65.4 Å². The molecule has 0 amide bonds. The van der Waals surface area contributed by atoms with Crippen molar-refractivity contribution in [3.63, 3.8) is 0 Å². The van der Waals surface area contributed by atoms with Gasteiger partial charge in [0.2, 0.25) is 0 Å². The van der Waals surface area contributed by atoms with Crippen LogP contribution < -0.4 is 0 Å². The minimum Gasteiger partial charge on any atom is -0.462 e. The van der Waals surface area contributed by atoms with Gasteiger partial charge in [0.1, 0.15) is 19.3 Å². The monoisotopic (exact) mass is 1450 g/mol. The number of hydrogen-bond donors (Lipinski definition) is 3. The van der Waals surface area contributed by atoms with E-state index in [2.05, 4.69) is 58.9 Å². The van der Waals surface area contributed by atoms with E-state index in [0.29, 0.717) is 25.7 Å². The van der Waals surface area contributed by atoms with Gasteiger partial charge in [-0.25, -0.2) is 9.13 Å². The van der Waals surface area contributed by atoms with Crippen molar-refractivity contribution in [2.24, 2.45) is 5.92 Å². The molecule has 3 N–H and O–H groups in total. The first-order valence-corrected chi connectivity index (χ1v) is 43.9. The summed E-state index contributed by atoms with van der Waals surface area (Å²) in [6.07, 6.45) is 66.0. The number of rotatable bonds is 78. The van der Waals surface area contributed by atoms with Crippen molar-refractivity contribution in [1.29, 1.82) is 0 Å². The maximum absolute atomic E-state index is 13.1. The number of esters is 4. The van der Waals surface area contributed by atoms with Gasteiger partial charge in [-0.2, -0.15) is 0 Å². The third-order valence-corrected chi connectivity index (χ3v) is 20.1. The lowest BCUT2D eigenvalue weighted by molar-refractivity contribution is -0.161. The molecule has 99 heavy (non-hydrogen) atoms. The Hall–Kier alpha value is -2.46. The molecule has 0 radical (unpaired) electrons. The minimum absolute atomic E-state index is 0.0854. The summed E-state index contributed by atoms with van der Waals surface area (Å²) in [7, 11) is -9.93. The molecule has 0 saturated heterocycles. The number of aliphatic hydroxyl groups excluding tert-OH is 1. The van der Waals surface area contributed by atoms with Gasteiger partial charge in [0.05, 0.1) is 26.4 Å². The summed E-state index contributed by atoms with van der Waals surface area (Å²) >= 11 is 0. The number of carbonyl (C=O) groups is 4. The van der Waals surface area contributed by atoms with E-state index in [1.165, 1.54) is 212 Å². The lowest BCUT2D eigenvalue weighted by atomic mass is 10.0. The van der Waals surface area contributed by atoms with Crippen molar-refractivity contribution in [2.45, 2.75) is 419 Å². The standard InChI is InChI=1S/C80H152O17P2/c1-6-9-12-15-18-21-23-25-27-28-29-30-32-36-41-46-51-56-61-66-80(85)97-76(70-91-78(83)64-59-54-49-44-39-37-33-34-38-43-47-52-57-62-73(4)5)72-95-99(88,89)93-68-74(81)67-92-98(86,87)94-71-75(69-90-77(82)63-58-53-48-42-20-17-14-11-8-3)96-79(84)65-60-55-50-45-40-35-31-26-24-22-19-16-13-10-7-2/h22,24,26,31,73-76,81H,6-21,23,25,27-30,32-72H2,1-5H3,(H,86,87)(H,88,89)/b24-22-,31-26-/t74-,75+,76+/m0/s1. The van der Waals surface area contributed by atoms with Crippen LogP contribution in [0.3, 0.4) is 0 Å². The molecule has 2 unspecified atom stereocenters. The first kappa shape index (κ1) is 96.5. The van der Waals surface area contributed by atoms with Crippen molar-refractivity contribution >= 4 is 39.5 Å². The number of carbonyl (C=O) groups excluding carboxylic acids is 4. The summed E-state index contributed by atoms with van der Waals surface area (Å²) < 4.78 is 68.6. The SMILES string of the molecule is CCCCCC/C=C\C=C/CCCCCCCC(=O)O[C@H](COC(=O)CCCCCCCCCCC)COP(=O)(O)OC[C@H](O)COP(=O)(O)OC[C@@H](COC(=O)CCCCCCCCCCCCCCCC(C)C)OC(=O)CCCCCCCCCCCCCCCCCCCCC. The molecule has 0 fully saturated rings. The lowest BCUT2D eigenvalue weighted by Crippen LogP contribution is -2.30. The average Bonchev–Trinajstić information content (AvgIpc) is 1.07. The van der Waals surface area contributed by atoms with Crippen molar-refractivity contribution in [3.05, 3.63) is 24.3 Å². The molecule has 0 aromatic carbocycles. The van der Waals surface area contributed by atoms with Crippen LogP contribution in [0.25, 0.3) is 0 Å². The van der Waals surface area contributed by atoms with E-state index in [9.17, 15) is 43.2 Å². The third kappa shape index (κ3) is 73.6. The van der Waals surface area contributed by atoms with Gasteiger partial charge in [-0.15, -0.1) is 0 Å². The smallest absolute Gasteiger partial charge is 0.462 e. The third-order valence-electron chi connectivity index (χ3n) is 18.2. The number of phosphoric ester groups is 2. The van der Waals surface area contributed by atoms with Crippen LogP contribution in [0.15, 0.2) is 24.3 Å². The molecule has 19 heteroatoms. The predicted molar refractivity (Wildman–Crippen MR) is 404 cm³/mol. The molecular weight excluding hydrogens is 1290 g/mol. The van der Waals surface area contributed by atoms with E-state index in [-0.39, 0.29) is 25.7 Å². The van der Waals surface area contributed by atoms with Gasteiger partial charge in [0.25, 0.3) is 0 Å². The van der Waals surface area contributed by atoms with Crippen molar-refractivity contribution in [3.8, 4) is 0 Å². The van der Waals surface area contributed by atoms with Crippen LogP contribution >= 0.6 is 15.6 Å². The van der Waals surface area contributed by atoms with E-state index in [1.807, 2.05) is 0 Å². The molecule has 0 aliphatic rings. The van der Waals surface area contributed by atoms with Gasteiger partial charge in [0.15, 0.2) is 12.2 Å². The Kier molecular flexibility index (Phi) is 70.7. The summed E-state index contributed by atoms with van der Waals surface area (Å²) in [5, 5.41) is 10.6. The highest BCUT2D eigenvalue weighted by Crippen LogP contribution is 2.45. The first-order valence-electron chi connectivity index (χ1n) is 41.0. The molecule has 0 heterocycles. The number of ether oxygens (including phenoxy) is 4. The Morgan fingerprint density at radius 3 is 0.828 bits per heavy atom. The lowest BCUT2D eigenvalue weighted by Gasteiger charge is -2.21. The molecule has 0 aliphatic heterocycles. The number of unbranched alkanes of at least 4 members (excludes halogenated alkanes) is 47. The van der Waals surface area contributed by atoms with E-state index < -0.39 is 97.5 Å². The molecule has 17 nitrogen and oxygen atoms in total. The predicted octanol–water partition coefficient (Wildman–Crippen LogP) is 23.6. The maximum Gasteiger partial charge on any atom is 0.472 e. The van der Waals surface area contributed by atoms with Gasteiger partial charge in [-0.3, -0.25) is 37.3 Å². The summed E-state index contributed by atoms with van der Waals surface area (Å²) in [5.41, 5.74) is 0. The molecule has 0 aromatic heterocycles. The average molecular weight is 1450 g/mol. The second kappa shape index (κ2) is 72.5. The molecule has 584 valence electrons. The maximum atomic E-state index is 13.1. The van der Waals surface area contributed by atoms with Crippen molar-refractivity contribution in [1.82, 2.24) is 0 Å². The zero-order valence-electron chi connectivity index (χ0n) is 64.1.